The minimum absolute atomic E-state index is 0.0162. The summed E-state index contributed by atoms with van der Waals surface area (Å²) >= 11 is 0. The molecule has 0 radical (unpaired) electrons. The molecule has 0 saturated heterocycles. The van der Waals surface area contributed by atoms with E-state index < -0.39 is 0 Å². The van der Waals surface area contributed by atoms with Crippen LogP contribution < -0.4 is 11.1 Å². The number of nitrogens with zero attached hydrogens (tertiary/aromatic N) is 1. The molecule has 0 saturated carbocycles. The molecule has 1 aromatic heterocycles. The fraction of sp³-hybridized carbons (Fsp3) is 0.308. The third-order valence-corrected chi connectivity index (χ3v) is 2.68. The maximum atomic E-state index is 13.9. The Bertz CT molecular complexity index is 563. The highest BCUT2D eigenvalue weighted by molar-refractivity contribution is 5.99. The molecule has 19 heavy (non-hydrogen) atoms. The van der Waals surface area contributed by atoms with E-state index in [-0.39, 0.29) is 19.0 Å². The highest BCUT2D eigenvalue weighted by atomic mass is 19.1. The number of fused-ring (bicyclic) bond motifs is 1. The molecule has 0 amide bonds. The molecule has 0 unspecified atom stereocenters. The van der Waals surface area contributed by atoms with E-state index in [1.807, 2.05) is 0 Å². The Labute approximate surface area is 110 Å². The van der Waals surface area contributed by atoms with Crippen molar-refractivity contribution in [2.75, 3.05) is 37.4 Å². The lowest BCUT2D eigenvalue weighted by Gasteiger charge is -2.10. The molecule has 1 heterocycles. The third-order valence-electron chi connectivity index (χ3n) is 2.68. The summed E-state index contributed by atoms with van der Waals surface area (Å²) in [6, 6.07) is 4.54. The van der Waals surface area contributed by atoms with Gasteiger partial charge in [0.25, 0.3) is 0 Å². The maximum Gasteiger partial charge on any atom is 0.136 e. The van der Waals surface area contributed by atoms with Crippen molar-refractivity contribution in [3.8, 4) is 0 Å². The molecule has 2 rings (SSSR count). The molecule has 5 nitrogen and oxygen atoms in total. The zero-order chi connectivity index (χ0) is 13.7. The number of aliphatic hydroxyl groups excluding tert-OH is 1. The van der Waals surface area contributed by atoms with E-state index in [2.05, 4.69) is 10.3 Å². The van der Waals surface area contributed by atoms with Crippen molar-refractivity contribution in [1.29, 1.82) is 0 Å². The third kappa shape index (κ3) is 3.10. The minimum atomic E-state index is -0.365. The lowest BCUT2D eigenvalue weighted by molar-refractivity contribution is 0.0992. The standard InChI is InChI=1S/C13H16FN3O2/c14-10-1-2-11(15)9-3-4-16-13(12(9)10)17-5-7-19-8-6-18/h1-4,18H,5-8,15H2,(H,16,17). The average molecular weight is 265 g/mol. The second-order valence-corrected chi connectivity index (χ2v) is 3.98. The topological polar surface area (TPSA) is 80.4 Å². The van der Waals surface area contributed by atoms with Gasteiger partial charge in [-0.2, -0.15) is 0 Å². The second kappa shape index (κ2) is 6.31. The van der Waals surface area contributed by atoms with E-state index in [1.165, 1.54) is 12.1 Å². The number of nitrogens with two attached hydrogens (primary N) is 1. The Morgan fingerprint density at radius 2 is 2.16 bits per heavy atom. The SMILES string of the molecule is Nc1ccc(F)c2c(NCCOCCO)nccc12. The van der Waals surface area contributed by atoms with Crippen LogP contribution in [0, 0.1) is 5.82 Å². The minimum Gasteiger partial charge on any atom is -0.398 e. The number of halogens is 1. The molecule has 0 fully saturated rings. The van der Waals surface area contributed by atoms with Crippen LogP contribution in [-0.2, 0) is 4.74 Å². The molecule has 0 aliphatic carbocycles. The van der Waals surface area contributed by atoms with Gasteiger partial charge < -0.3 is 20.9 Å². The monoisotopic (exact) mass is 265 g/mol. The fourth-order valence-corrected chi connectivity index (χ4v) is 1.82. The molecular formula is C13H16FN3O2. The van der Waals surface area contributed by atoms with Gasteiger partial charge in [-0.1, -0.05) is 0 Å². The van der Waals surface area contributed by atoms with Crippen molar-refractivity contribution in [2.45, 2.75) is 0 Å². The van der Waals surface area contributed by atoms with Crippen LogP contribution in [0.1, 0.15) is 0 Å². The Morgan fingerprint density at radius 3 is 2.95 bits per heavy atom. The van der Waals surface area contributed by atoms with Crippen LogP contribution in [-0.4, -0.2) is 36.5 Å². The van der Waals surface area contributed by atoms with Gasteiger partial charge in [0, 0.05) is 23.8 Å². The number of pyridine rings is 1. The lowest BCUT2D eigenvalue weighted by Crippen LogP contribution is -2.12. The van der Waals surface area contributed by atoms with Crippen molar-refractivity contribution in [2.24, 2.45) is 0 Å². The van der Waals surface area contributed by atoms with Crippen LogP contribution in [0.2, 0.25) is 0 Å². The smallest absolute Gasteiger partial charge is 0.136 e. The number of ether oxygens (including phenoxy) is 1. The van der Waals surface area contributed by atoms with Gasteiger partial charge in [0.2, 0.25) is 0 Å². The normalized spacial score (nSPS) is 10.8. The molecule has 0 bridgehead atoms. The summed E-state index contributed by atoms with van der Waals surface area (Å²) in [5, 5.41) is 12.6. The van der Waals surface area contributed by atoms with Gasteiger partial charge in [0.1, 0.15) is 11.6 Å². The number of nitrogen functional groups attached to an aromatic ring is 1. The maximum absolute atomic E-state index is 13.9. The molecule has 102 valence electrons. The Morgan fingerprint density at radius 1 is 1.32 bits per heavy atom. The van der Waals surface area contributed by atoms with Gasteiger partial charge in [0.05, 0.1) is 25.2 Å². The highest BCUT2D eigenvalue weighted by Crippen LogP contribution is 2.28. The number of aliphatic hydroxyl groups is 1. The van der Waals surface area contributed by atoms with Crippen LogP contribution in [0.15, 0.2) is 24.4 Å². The number of hydrogen-bond donors (Lipinski definition) is 3. The van der Waals surface area contributed by atoms with Gasteiger partial charge in [-0.05, 0) is 18.2 Å². The highest BCUT2D eigenvalue weighted by Gasteiger charge is 2.09. The summed E-state index contributed by atoms with van der Waals surface area (Å²) in [4.78, 5) is 4.12. The molecule has 0 atom stereocenters. The summed E-state index contributed by atoms with van der Waals surface area (Å²) in [6.07, 6.45) is 1.58. The van der Waals surface area contributed by atoms with E-state index in [4.69, 9.17) is 15.6 Å². The van der Waals surface area contributed by atoms with Crippen LogP contribution in [0.3, 0.4) is 0 Å². The van der Waals surface area contributed by atoms with Gasteiger partial charge in [-0.15, -0.1) is 0 Å². The predicted molar refractivity (Wildman–Crippen MR) is 72.5 cm³/mol. The fourth-order valence-electron chi connectivity index (χ4n) is 1.82. The first-order valence-corrected chi connectivity index (χ1v) is 5.99. The summed E-state index contributed by atoms with van der Waals surface area (Å²) in [7, 11) is 0. The first kappa shape index (κ1) is 13.5. The lowest BCUT2D eigenvalue weighted by atomic mass is 10.1. The average Bonchev–Trinajstić information content (AvgIpc) is 2.43. The summed E-state index contributed by atoms with van der Waals surface area (Å²) in [5.74, 6) is 0.0750. The van der Waals surface area contributed by atoms with Crippen molar-refractivity contribution >= 4 is 22.3 Å². The summed E-state index contributed by atoms with van der Waals surface area (Å²) in [6.45, 7) is 1.15. The molecular weight excluding hydrogens is 249 g/mol. The van der Waals surface area contributed by atoms with Crippen LogP contribution in [0.4, 0.5) is 15.9 Å². The van der Waals surface area contributed by atoms with Crippen molar-refractivity contribution < 1.29 is 14.2 Å². The molecule has 6 heteroatoms. The first-order chi connectivity index (χ1) is 9.24. The van der Waals surface area contributed by atoms with E-state index >= 15 is 0 Å². The van der Waals surface area contributed by atoms with Crippen molar-refractivity contribution in [3.05, 3.63) is 30.2 Å². The molecule has 2 aromatic rings. The predicted octanol–water partition coefficient (Wildman–Crippen LogP) is 1.38. The van der Waals surface area contributed by atoms with E-state index in [0.29, 0.717) is 35.4 Å². The number of benzene rings is 1. The van der Waals surface area contributed by atoms with E-state index in [9.17, 15) is 4.39 Å². The first-order valence-electron chi connectivity index (χ1n) is 5.99. The van der Waals surface area contributed by atoms with Gasteiger partial charge >= 0.3 is 0 Å². The number of rotatable bonds is 6. The van der Waals surface area contributed by atoms with Crippen LogP contribution in [0.25, 0.3) is 10.8 Å². The second-order valence-electron chi connectivity index (χ2n) is 3.98. The Balaban J connectivity index is 2.17. The zero-order valence-electron chi connectivity index (χ0n) is 10.4. The quantitative estimate of drug-likeness (QED) is 0.543. The molecule has 0 aliphatic heterocycles. The van der Waals surface area contributed by atoms with Crippen LogP contribution in [0.5, 0.6) is 0 Å². The zero-order valence-corrected chi connectivity index (χ0v) is 10.4. The van der Waals surface area contributed by atoms with E-state index in [0.717, 1.165) is 0 Å². The largest absolute Gasteiger partial charge is 0.398 e. The molecule has 1 aromatic carbocycles. The molecule has 4 N–H and O–H groups in total. The Hall–Kier alpha value is -1.92. The molecule has 0 spiro atoms. The Kier molecular flexibility index (Phi) is 4.48. The number of hydrogen-bond acceptors (Lipinski definition) is 5. The molecule has 0 aliphatic rings. The van der Waals surface area contributed by atoms with Gasteiger partial charge in [0.15, 0.2) is 0 Å². The van der Waals surface area contributed by atoms with E-state index in [1.54, 1.807) is 12.3 Å². The number of anilines is 2. The van der Waals surface area contributed by atoms with Crippen LogP contribution >= 0.6 is 0 Å². The summed E-state index contributed by atoms with van der Waals surface area (Å²) < 4.78 is 19.0. The van der Waals surface area contributed by atoms with Crippen molar-refractivity contribution in [3.63, 3.8) is 0 Å². The number of nitrogens with one attached hydrogen (secondary N) is 1. The summed E-state index contributed by atoms with van der Waals surface area (Å²) in [5.41, 5.74) is 6.33. The van der Waals surface area contributed by atoms with Crippen molar-refractivity contribution in [1.82, 2.24) is 4.98 Å². The van der Waals surface area contributed by atoms with Gasteiger partial charge in [-0.3, -0.25) is 0 Å². The van der Waals surface area contributed by atoms with Gasteiger partial charge in [-0.25, -0.2) is 9.37 Å². The number of aromatic nitrogens is 1.